The van der Waals surface area contributed by atoms with E-state index in [-0.39, 0.29) is 11.7 Å². The molecule has 3 rings (SSSR count). The van der Waals surface area contributed by atoms with Crippen molar-refractivity contribution in [2.24, 2.45) is 10.2 Å². The van der Waals surface area contributed by atoms with Crippen LogP contribution < -0.4 is 5.32 Å². The fourth-order valence-corrected chi connectivity index (χ4v) is 3.05. The maximum Gasteiger partial charge on any atom is 0.264 e. The Morgan fingerprint density at radius 3 is 2.73 bits per heavy atom. The first-order chi connectivity index (χ1) is 10.7. The highest BCUT2D eigenvalue weighted by molar-refractivity contribution is 8.18. The normalized spacial score (nSPS) is 18.5. The highest BCUT2D eigenvalue weighted by atomic mass is 32.2. The molecule has 1 aromatic heterocycles. The lowest BCUT2D eigenvalue weighted by molar-refractivity contribution is -0.115. The van der Waals surface area contributed by atoms with Gasteiger partial charge in [-0.2, -0.15) is 5.10 Å². The largest absolute Gasteiger partial charge is 0.299 e. The quantitative estimate of drug-likeness (QED) is 0.532. The molecule has 1 aliphatic rings. The van der Waals surface area contributed by atoms with E-state index in [0.29, 0.717) is 10.1 Å². The van der Waals surface area contributed by atoms with Gasteiger partial charge in [-0.05, 0) is 47.0 Å². The highest BCUT2D eigenvalue weighted by Gasteiger charge is 2.23. The van der Waals surface area contributed by atoms with Crippen LogP contribution in [0.15, 0.2) is 56.9 Å². The van der Waals surface area contributed by atoms with Gasteiger partial charge in [0, 0.05) is 4.88 Å². The minimum absolute atomic E-state index is 0.237. The molecular weight excluding hydrogens is 321 g/mol. The second kappa shape index (κ2) is 6.67. The third-order valence-electron chi connectivity index (χ3n) is 2.70. The van der Waals surface area contributed by atoms with E-state index in [9.17, 15) is 9.18 Å². The average molecular weight is 331 g/mol. The summed E-state index contributed by atoms with van der Waals surface area (Å²) in [5, 5.41) is 12.9. The van der Waals surface area contributed by atoms with Crippen molar-refractivity contribution in [3.63, 3.8) is 0 Å². The molecule has 1 saturated heterocycles. The molecule has 0 spiro atoms. The van der Waals surface area contributed by atoms with Crippen LogP contribution in [0.25, 0.3) is 6.08 Å². The smallest absolute Gasteiger partial charge is 0.264 e. The number of rotatable bonds is 3. The van der Waals surface area contributed by atoms with Crippen molar-refractivity contribution < 1.29 is 9.18 Å². The zero-order valence-corrected chi connectivity index (χ0v) is 12.8. The maximum atomic E-state index is 12.9. The lowest BCUT2D eigenvalue weighted by Gasteiger charge is -1.94. The standard InChI is InChI=1S/C15H10FN3OS2/c16-11-5-3-10(4-6-11)8-13-14(20)18-15(22-13)19-17-9-12-2-1-7-21-12/h1-9H,(H,18,19,20)/b13-8-,17-9+. The molecule has 22 heavy (non-hydrogen) atoms. The number of halogens is 1. The van der Waals surface area contributed by atoms with E-state index >= 15 is 0 Å². The Balaban J connectivity index is 1.71. The Labute approximate surface area is 134 Å². The summed E-state index contributed by atoms with van der Waals surface area (Å²) in [5.41, 5.74) is 0.752. The first-order valence-electron chi connectivity index (χ1n) is 6.32. The third kappa shape index (κ3) is 3.69. The van der Waals surface area contributed by atoms with Crippen LogP contribution in [0, 0.1) is 5.82 Å². The van der Waals surface area contributed by atoms with Gasteiger partial charge in [0.2, 0.25) is 0 Å². The van der Waals surface area contributed by atoms with Gasteiger partial charge in [0.15, 0.2) is 5.17 Å². The van der Waals surface area contributed by atoms with Crippen molar-refractivity contribution in [1.82, 2.24) is 5.32 Å². The summed E-state index contributed by atoms with van der Waals surface area (Å²) < 4.78 is 12.9. The lowest BCUT2D eigenvalue weighted by Crippen LogP contribution is -2.19. The Hall–Kier alpha value is -2.25. The number of amidine groups is 1. The average Bonchev–Trinajstić information content (AvgIpc) is 3.12. The molecule has 4 nitrogen and oxygen atoms in total. The van der Waals surface area contributed by atoms with Gasteiger partial charge in [0.25, 0.3) is 5.91 Å². The first-order valence-corrected chi connectivity index (χ1v) is 8.01. The zero-order chi connectivity index (χ0) is 15.4. The van der Waals surface area contributed by atoms with E-state index in [1.165, 1.54) is 23.9 Å². The van der Waals surface area contributed by atoms with Gasteiger partial charge in [-0.25, -0.2) is 4.39 Å². The molecule has 1 N–H and O–H groups in total. The van der Waals surface area contributed by atoms with Crippen LogP contribution in [0.5, 0.6) is 0 Å². The number of nitrogens with zero attached hydrogens (tertiary/aromatic N) is 2. The summed E-state index contributed by atoms with van der Waals surface area (Å²) in [6.07, 6.45) is 3.32. The summed E-state index contributed by atoms with van der Waals surface area (Å²) >= 11 is 2.76. The van der Waals surface area contributed by atoms with Crippen LogP contribution >= 0.6 is 23.1 Å². The molecule has 1 amide bonds. The van der Waals surface area contributed by atoms with Crippen LogP contribution in [-0.4, -0.2) is 17.3 Å². The molecule has 1 aromatic carbocycles. The Bertz CT molecular complexity index is 765. The summed E-state index contributed by atoms with van der Waals surface area (Å²) in [4.78, 5) is 13.3. The van der Waals surface area contributed by atoms with Gasteiger partial charge in [-0.1, -0.05) is 18.2 Å². The number of thiophene rings is 1. The van der Waals surface area contributed by atoms with E-state index in [2.05, 4.69) is 15.5 Å². The van der Waals surface area contributed by atoms with Gasteiger partial charge >= 0.3 is 0 Å². The Morgan fingerprint density at radius 1 is 1.18 bits per heavy atom. The van der Waals surface area contributed by atoms with Gasteiger partial charge < -0.3 is 0 Å². The molecule has 1 fully saturated rings. The number of hydrogen-bond acceptors (Lipinski definition) is 5. The highest BCUT2D eigenvalue weighted by Crippen LogP contribution is 2.26. The minimum atomic E-state index is -0.309. The maximum absolute atomic E-state index is 12.9. The van der Waals surface area contributed by atoms with E-state index in [1.54, 1.807) is 35.8 Å². The van der Waals surface area contributed by atoms with E-state index in [0.717, 1.165) is 10.4 Å². The van der Waals surface area contributed by atoms with Crippen molar-refractivity contribution in [3.8, 4) is 0 Å². The number of amides is 1. The number of nitrogens with one attached hydrogen (secondary N) is 1. The molecule has 0 aliphatic carbocycles. The van der Waals surface area contributed by atoms with Crippen molar-refractivity contribution >= 4 is 46.5 Å². The van der Waals surface area contributed by atoms with Crippen LogP contribution in [0.2, 0.25) is 0 Å². The topological polar surface area (TPSA) is 53.8 Å². The van der Waals surface area contributed by atoms with Crippen molar-refractivity contribution in [2.75, 3.05) is 0 Å². The van der Waals surface area contributed by atoms with Crippen LogP contribution in [0.4, 0.5) is 4.39 Å². The van der Waals surface area contributed by atoms with Crippen molar-refractivity contribution in [3.05, 3.63) is 62.9 Å². The fourth-order valence-electron chi connectivity index (χ4n) is 1.69. The second-order valence-corrected chi connectivity index (χ2v) is 6.29. The van der Waals surface area contributed by atoms with Crippen LogP contribution in [0.3, 0.4) is 0 Å². The zero-order valence-electron chi connectivity index (χ0n) is 11.2. The molecule has 1 aliphatic heterocycles. The molecule has 2 aromatic rings. The summed E-state index contributed by atoms with van der Waals surface area (Å²) in [5.74, 6) is -0.546. The predicted molar refractivity (Wildman–Crippen MR) is 89.5 cm³/mol. The molecule has 2 heterocycles. The predicted octanol–water partition coefficient (Wildman–Crippen LogP) is 3.48. The number of carbonyl (C=O) groups excluding carboxylic acids is 1. The summed E-state index contributed by atoms with van der Waals surface area (Å²) in [7, 11) is 0. The monoisotopic (exact) mass is 331 g/mol. The SMILES string of the molecule is O=C1N/C(=N\N=C\c2cccs2)S/C1=C\c1ccc(F)cc1. The molecule has 0 saturated carbocycles. The van der Waals surface area contributed by atoms with Crippen molar-refractivity contribution in [2.45, 2.75) is 0 Å². The van der Waals surface area contributed by atoms with E-state index < -0.39 is 0 Å². The molecule has 7 heteroatoms. The molecule has 0 radical (unpaired) electrons. The van der Waals surface area contributed by atoms with Gasteiger partial charge in [-0.15, -0.1) is 16.4 Å². The van der Waals surface area contributed by atoms with Crippen LogP contribution in [0.1, 0.15) is 10.4 Å². The minimum Gasteiger partial charge on any atom is -0.299 e. The van der Waals surface area contributed by atoms with Gasteiger partial charge in [0.1, 0.15) is 5.82 Å². The number of carbonyl (C=O) groups is 1. The Morgan fingerprint density at radius 2 is 2.00 bits per heavy atom. The second-order valence-electron chi connectivity index (χ2n) is 4.28. The third-order valence-corrected chi connectivity index (χ3v) is 4.40. The summed E-state index contributed by atoms with van der Waals surface area (Å²) in [6.45, 7) is 0. The molecule has 110 valence electrons. The molecular formula is C15H10FN3OS2. The van der Waals surface area contributed by atoms with E-state index in [4.69, 9.17) is 0 Å². The van der Waals surface area contributed by atoms with Crippen LogP contribution in [-0.2, 0) is 4.79 Å². The molecule has 0 bridgehead atoms. The first kappa shape index (κ1) is 14.7. The lowest BCUT2D eigenvalue weighted by atomic mass is 10.2. The van der Waals surface area contributed by atoms with Gasteiger partial charge in [0.05, 0.1) is 11.1 Å². The fraction of sp³-hybridized carbons (Fsp3) is 0. The van der Waals surface area contributed by atoms with Crippen molar-refractivity contribution in [1.29, 1.82) is 0 Å². The Kier molecular flexibility index (Phi) is 4.45. The number of thioether (sulfide) groups is 1. The summed E-state index contributed by atoms with van der Waals surface area (Å²) in [6, 6.07) is 9.78. The van der Waals surface area contributed by atoms with Gasteiger partial charge in [-0.3, -0.25) is 10.1 Å². The molecule has 0 unspecified atom stereocenters. The molecule has 0 atom stereocenters. The van der Waals surface area contributed by atoms with E-state index in [1.807, 2.05) is 17.5 Å². The number of benzene rings is 1. The number of hydrogen-bond donors (Lipinski definition) is 1.